The first-order chi connectivity index (χ1) is 15.4. The van der Waals surface area contributed by atoms with Crippen molar-refractivity contribution in [3.8, 4) is 17.2 Å². The lowest BCUT2D eigenvalue weighted by molar-refractivity contribution is -0.123. The number of nitrogens with one attached hydrogen (secondary N) is 1. The highest BCUT2D eigenvalue weighted by atomic mass is 16.5. The largest absolute Gasteiger partial charge is 0.508 e. The Kier molecular flexibility index (Phi) is 6.47. The van der Waals surface area contributed by atoms with Crippen LogP contribution in [0.2, 0.25) is 0 Å². The molecule has 0 radical (unpaired) electrons. The molecule has 1 aliphatic rings. The van der Waals surface area contributed by atoms with Crippen LogP contribution in [0.5, 0.6) is 17.2 Å². The standard InChI is InChI=1S/C27H30N2O3/c1-17-13-20(30)14-18(2)23(17)16-25(28)27(31)29-26-10-6-7-19-11-12-22(15-24(19)26)32-21-8-4-3-5-9-21/h3-5,8-9,11-15,25-26,30H,6-7,10,16,28H2,1-2H3,(H,29,31)/t25-,26+/m0/s1. The van der Waals surface area contributed by atoms with Crippen LogP contribution in [0.25, 0.3) is 0 Å². The molecule has 32 heavy (non-hydrogen) atoms. The Hall–Kier alpha value is -3.31. The maximum Gasteiger partial charge on any atom is 0.237 e. The molecule has 0 saturated carbocycles. The highest BCUT2D eigenvalue weighted by Gasteiger charge is 2.25. The molecule has 2 atom stereocenters. The van der Waals surface area contributed by atoms with E-state index in [-0.39, 0.29) is 17.7 Å². The zero-order valence-electron chi connectivity index (χ0n) is 18.6. The summed E-state index contributed by atoms with van der Waals surface area (Å²) in [6.45, 7) is 3.86. The van der Waals surface area contributed by atoms with Crippen LogP contribution in [-0.2, 0) is 17.6 Å². The van der Waals surface area contributed by atoms with Gasteiger partial charge >= 0.3 is 0 Å². The van der Waals surface area contributed by atoms with Crippen LogP contribution in [0.4, 0.5) is 0 Å². The van der Waals surface area contributed by atoms with Crippen molar-refractivity contribution in [2.75, 3.05) is 0 Å². The van der Waals surface area contributed by atoms with Crippen molar-refractivity contribution in [2.24, 2.45) is 5.73 Å². The summed E-state index contributed by atoms with van der Waals surface area (Å²) in [5.41, 5.74) is 11.5. The Morgan fingerprint density at radius 3 is 2.53 bits per heavy atom. The Bertz CT molecular complexity index is 1090. The van der Waals surface area contributed by atoms with Crippen molar-refractivity contribution >= 4 is 5.91 Å². The molecule has 5 heteroatoms. The minimum atomic E-state index is -0.661. The van der Waals surface area contributed by atoms with Crippen LogP contribution in [0.1, 0.15) is 46.7 Å². The fourth-order valence-corrected chi connectivity index (χ4v) is 4.50. The number of hydrogen-bond acceptors (Lipinski definition) is 4. The first kappa shape index (κ1) is 21.9. The monoisotopic (exact) mass is 430 g/mol. The molecule has 0 spiro atoms. The average Bonchev–Trinajstić information content (AvgIpc) is 2.77. The van der Waals surface area contributed by atoms with Gasteiger partial charge in [-0.1, -0.05) is 24.3 Å². The predicted octanol–water partition coefficient (Wildman–Crippen LogP) is 4.86. The van der Waals surface area contributed by atoms with Gasteiger partial charge < -0.3 is 20.9 Å². The number of fused-ring (bicyclic) bond motifs is 1. The summed E-state index contributed by atoms with van der Waals surface area (Å²) in [4.78, 5) is 13.0. The molecule has 1 amide bonds. The number of nitrogens with two attached hydrogens (primary N) is 1. The minimum Gasteiger partial charge on any atom is -0.508 e. The summed E-state index contributed by atoms with van der Waals surface area (Å²) in [5, 5.41) is 12.9. The third-order valence-corrected chi connectivity index (χ3v) is 6.17. The molecule has 166 valence electrons. The van der Waals surface area contributed by atoms with Crippen molar-refractivity contribution in [1.82, 2.24) is 5.32 Å². The molecule has 3 aromatic rings. The lowest BCUT2D eigenvalue weighted by Crippen LogP contribution is -2.44. The molecule has 4 N–H and O–H groups in total. The van der Waals surface area contributed by atoms with Gasteiger partial charge in [0.1, 0.15) is 17.2 Å². The van der Waals surface area contributed by atoms with E-state index >= 15 is 0 Å². The van der Waals surface area contributed by atoms with E-state index in [9.17, 15) is 9.90 Å². The third kappa shape index (κ3) is 4.94. The van der Waals surface area contributed by atoms with Gasteiger partial charge in [0.2, 0.25) is 5.91 Å². The number of aryl methyl sites for hydroxylation is 3. The quantitative estimate of drug-likeness (QED) is 0.521. The molecule has 1 aliphatic carbocycles. The summed E-state index contributed by atoms with van der Waals surface area (Å²) in [5.74, 6) is 1.61. The van der Waals surface area contributed by atoms with Gasteiger partial charge in [0.25, 0.3) is 0 Å². The second-order valence-corrected chi connectivity index (χ2v) is 8.60. The maximum absolute atomic E-state index is 13.0. The van der Waals surface area contributed by atoms with Gasteiger partial charge in [-0.25, -0.2) is 0 Å². The van der Waals surface area contributed by atoms with Gasteiger partial charge in [-0.05, 0) is 104 Å². The van der Waals surface area contributed by atoms with Crippen LogP contribution >= 0.6 is 0 Å². The maximum atomic E-state index is 13.0. The highest BCUT2D eigenvalue weighted by molar-refractivity contribution is 5.82. The van der Waals surface area contributed by atoms with Gasteiger partial charge in [0.15, 0.2) is 0 Å². The SMILES string of the molecule is Cc1cc(O)cc(C)c1C[C@H](N)C(=O)N[C@@H]1CCCc2ccc(Oc3ccccc3)cc21. The van der Waals surface area contributed by atoms with Gasteiger partial charge in [-0.15, -0.1) is 0 Å². The van der Waals surface area contributed by atoms with Crippen molar-refractivity contribution in [3.63, 3.8) is 0 Å². The van der Waals surface area contributed by atoms with E-state index in [4.69, 9.17) is 10.5 Å². The first-order valence-electron chi connectivity index (χ1n) is 11.1. The van der Waals surface area contributed by atoms with E-state index in [1.165, 1.54) is 5.56 Å². The number of carbonyl (C=O) groups is 1. The first-order valence-corrected chi connectivity index (χ1v) is 11.1. The number of amides is 1. The fourth-order valence-electron chi connectivity index (χ4n) is 4.50. The second kappa shape index (κ2) is 9.45. The summed E-state index contributed by atoms with van der Waals surface area (Å²) < 4.78 is 6.00. The smallest absolute Gasteiger partial charge is 0.237 e. The molecule has 0 saturated heterocycles. The summed E-state index contributed by atoms with van der Waals surface area (Å²) in [6.07, 6.45) is 3.31. The van der Waals surface area contributed by atoms with E-state index in [1.807, 2.05) is 56.3 Å². The van der Waals surface area contributed by atoms with Gasteiger partial charge in [0, 0.05) is 0 Å². The zero-order chi connectivity index (χ0) is 22.7. The van der Waals surface area contributed by atoms with Crippen LogP contribution in [0.15, 0.2) is 60.7 Å². The van der Waals surface area contributed by atoms with Gasteiger partial charge in [-0.3, -0.25) is 4.79 Å². The molecule has 0 bridgehead atoms. The number of phenols is 1. The zero-order valence-corrected chi connectivity index (χ0v) is 18.6. The average molecular weight is 431 g/mol. The number of para-hydroxylation sites is 1. The number of aromatic hydroxyl groups is 1. The Morgan fingerprint density at radius 2 is 1.81 bits per heavy atom. The number of phenolic OH excluding ortho intramolecular Hbond substituents is 1. The van der Waals surface area contributed by atoms with Crippen LogP contribution < -0.4 is 15.8 Å². The molecule has 4 rings (SSSR count). The number of ether oxygens (including phenoxy) is 1. The van der Waals surface area contributed by atoms with Gasteiger partial charge in [-0.2, -0.15) is 0 Å². The van der Waals surface area contributed by atoms with E-state index in [1.54, 1.807) is 12.1 Å². The van der Waals surface area contributed by atoms with Crippen LogP contribution in [0.3, 0.4) is 0 Å². The van der Waals surface area contributed by atoms with Crippen molar-refractivity contribution < 1.29 is 14.6 Å². The van der Waals surface area contributed by atoms with E-state index < -0.39 is 6.04 Å². The van der Waals surface area contributed by atoms with Crippen molar-refractivity contribution in [3.05, 3.63) is 88.5 Å². The summed E-state index contributed by atoms with van der Waals surface area (Å²) in [7, 11) is 0. The molecule has 5 nitrogen and oxygen atoms in total. The molecule has 0 aromatic heterocycles. The second-order valence-electron chi connectivity index (χ2n) is 8.60. The lowest BCUT2D eigenvalue weighted by Gasteiger charge is -2.28. The number of rotatable bonds is 6. The molecule has 0 heterocycles. The van der Waals surface area contributed by atoms with Crippen LogP contribution in [0, 0.1) is 13.8 Å². The number of benzene rings is 3. The van der Waals surface area contributed by atoms with E-state index in [0.717, 1.165) is 53.0 Å². The number of hydrogen-bond donors (Lipinski definition) is 3. The van der Waals surface area contributed by atoms with Gasteiger partial charge in [0.05, 0.1) is 12.1 Å². The normalized spacial score (nSPS) is 16.2. The summed E-state index contributed by atoms with van der Waals surface area (Å²) >= 11 is 0. The topological polar surface area (TPSA) is 84.6 Å². The molecule has 3 aromatic carbocycles. The lowest BCUT2D eigenvalue weighted by atomic mass is 9.87. The van der Waals surface area contributed by atoms with Crippen molar-refractivity contribution in [2.45, 2.75) is 51.6 Å². The van der Waals surface area contributed by atoms with E-state index in [0.29, 0.717) is 6.42 Å². The summed E-state index contributed by atoms with van der Waals surface area (Å²) in [6, 6.07) is 18.5. The number of carbonyl (C=O) groups excluding carboxylic acids is 1. The predicted molar refractivity (Wildman–Crippen MR) is 126 cm³/mol. The van der Waals surface area contributed by atoms with Crippen LogP contribution in [-0.4, -0.2) is 17.1 Å². The Balaban J connectivity index is 1.48. The van der Waals surface area contributed by atoms with Crippen molar-refractivity contribution in [1.29, 1.82) is 0 Å². The third-order valence-electron chi connectivity index (χ3n) is 6.17. The Morgan fingerprint density at radius 1 is 1.09 bits per heavy atom. The highest BCUT2D eigenvalue weighted by Crippen LogP contribution is 2.34. The van der Waals surface area contributed by atoms with E-state index in [2.05, 4.69) is 11.4 Å². The fraction of sp³-hybridized carbons (Fsp3) is 0.296. The molecular weight excluding hydrogens is 400 g/mol. The molecule has 0 fully saturated rings. The molecule has 0 unspecified atom stereocenters. The minimum absolute atomic E-state index is 0.0846. The molecule has 0 aliphatic heterocycles. The molecular formula is C27H30N2O3. The Labute approximate surface area is 189 Å².